The Bertz CT molecular complexity index is 598. The number of para-hydroxylation sites is 1. The molecule has 5 nitrogen and oxygen atoms in total. The molecule has 0 bridgehead atoms. The number of rotatable bonds is 6. The van der Waals surface area contributed by atoms with Gasteiger partial charge in [-0.3, -0.25) is 10.1 Å². The number of nitrogens with one attached hydrogen (secondary N) is 1. The lowest BCUT2D eigenvalue weighted by Crippen LogP contribution is -2.18. The highest BCUT2D eigenvalue weighted by Gasteiger charge is 2.18. The van der Waals surface area contributed by atoms with Crippen LogP contribution in [0.5, 0.6) is 0 Å². The Hall–Kier alpha value is -1.79. The molecule has 0 aliphatic rings. The zero-order valence-corrected chi connectivity index (χ0v) is 12.3. The first kappa shape index (κ1) is 14.6. The van der Waals surface area contributed by atoms with E-state index in [1.165, 1.54) is 17.4 Å². The molecule has 1 heterocycles. The molecule has 0 aliphatic heterocycles. The van der Waals surface area contributed by atoms with E-state index < -0.39 is 0 Å². The zero-order chi connectivity index (χ0) is 14.5. The van der Waals surface area contributed by atoms with Gasteiger partial charge >= 0.3 is 0 Å². The van der Waals surface area contributed by atoms with Gasteiger partial charge in [0.2, 0.25) is 0 Å². The molecule has 2 rings (SSSR count). The monoisotopic (exact) mass is 291 g/mol. The highest BCUT2D eigenvalue weighted by molar-refractivity contribution is 7.15. The van der Waals surface area contributed by atoms with Crippen LogP contribution in [-0.4, -0.2) is 16.5 Å². The van der Waals surface area contributed by atoms with Crippen molar-refractivity contribution in [1.82, 2.24) is 10.3 Å². The molecule has 1 unspecified atom stereocenters. The molecule has 6 heteroatoms. The summed E-state index contributed by atoms with van der Waals surface area (Å²) in [5.74, 6) is 0. The van der Waals surface area contributed by atoms with Gasteiger partial charge in [0.1, 0.15) is 5.01 Å². The van der Waals surface area contributed by atoms with Crippen LogP contribution in [0, 0.1) is 10.1 Å². The predicted molar refractivity (Wildman–Crippen MR) is 80.9 cm³/mol. The molecule has 1 atom stereocenters. The van der Waals surface area contributed by atoms with E-state index in [0.29, 0.717) is 10.6 Å². The van der Waals surface area contributed by atoms with E-state index in [1.54, 1.807) is 24.4 Å². The molecule has 0 spiro atoms. The van der Waals surface area contributed by atoms with Crippen LogP contribution in [0.3, 0.4) is 0 Å². The van der Waals surface area contributed by atoms with Crippen molar-refractivity contribution in [2.45, 2.75) is 26.3 Å². The summed E-state index contributed by atoms with van der Waals surface area (Å²) in [5.41, 5.74) is 0.680. The summed E-state index contributed by atoms with van der Waals surface area (Å²) in [6.45, 7) is 5.14. The minimum atomic E-state index is -0.366. The summed E-state index contributed by atoms with van der Waals surface area (Å²) in [6.07, 6.45) is 2.87. The van der Waals surface area contributed by atoms with Crippen LogP contribution in [0.1, 0.15) is 31.2 Å². The minimum Gasteiger partial charge on any atom is -0.309 e. The second kappa shape index (κ2) is 6.58. The molecule has 0 radical (unpaired) electrons. The fraction of sp³-hybridized carbons (Fsp3) is 0.357. The number of nitro groups is 1. The lowest BCUT2D eigenvalue weighted by Gasteiger charge is -2.09. The van der Waals surface area contributed by atoms with E-state index in [9.17, 15) is 10.1 Å². The van der Waals surface area contributed by atoms with Crippen molar-refractivity contribution in [3.8, 4) is 10.6 Å². The molecule has 2 aromatic rings. The molecular weight excluding hydrogens is 274 g/mol. The largest absolute Gasteiger partial charge is 0.309 e. The molecule has 1 aromatic heterocycles. The Morgan fingerprint density at radius 3 is 2.90 bits per heavy atom. The molecule has 0 aliphatic carbocycles. The van der Waals surface area contributed by atoms with E-state index in [2.05, 4.69) is 24.1 Å². The van der Waals surface area contributed by atoms with Gasteiger partial charge in [0.25, 0.3) is 5.69 Å². The molecule has 20 heavy (non-hydrogen) atoms. The SMILES string of the molecule is CCCNC(C)c1cnc(-c2ccccc2[N+](=O)[O-])s1. The van der Waals surface area contributed by atoms with Crippen molar-refractivity contribution in [2.75, 3.05) is 6.54 Å². The second-order valence-corrected chi connectivity index (χ2v) is 5.58. The number of hydrogen-bond donors (Lipinski definition) is 1. The fourth-order valence-corrected chi connectivity index (χ4v) is 2.86. The van der Waals surface area contributed by atoms with Gasteiger partial charge in [-0.25, -0.2) is 4.98 Å². The van der Waals surface area contributed by atoms with E-state index in [4.69, 9.17) is 0 Å². The van der Waals surface area contributed by atoms with Crippen LogP contribution in [0.4, 0.5) is 5.69 Å². The maximum absolute atomic E-state index is 11.0. The topological polar surface area (TPSA) is 68.1 Å². The first-order valence-corrected chi connectivity index (χ1v) is 7.38. The maximum Gasteiger partial charge on any atom is 0.279 e. The third-order valence-electron chi connectivity index (χ3n) is 2.98. The maximum atomic E-state index is 11.0. The Labute approximate surface area is 121 Å². The van der Waals surface area contributed by atoms with Crippen molar-refractivity contribution in [3.63, 3.8) is 0 Å². The van der Waals surface area contributed by atoms with Crippen molar-refractivity contribution in [3.05, 3.63) is 45.5 Å². The van der Waals surface area contributed by atoms with Gasteiger partial charge < -0.3 is 5.32 Å². The average Bonchev–Trinajstić information content (AvgIpc) is 2.94. The van der Waals surface area contributed by atoms with Crippen molar-refractivity contribution in [1.29, 1.82) is 0 Å². The summed E-state index contributed by atoms with van der Waals surface area (Å²) in [7, 11) is 0. The van der Waals surface area contributed by atoms with Crippen LogP contribution < -0.4 is 5.32 Å². The molecule has 0 amide bonds. The molecule has 106 valence electrons. The molecule has 1 aromatic carbocycles. The third-order valence-corrected chi connectivity index (χ3v) is 4.20. The normalized spacial score (nSPS) is 12.3. The number of benzene rings is 1. The number of nitrogens with zero attached hydrogens (tertiary/aromatic N) is 2. The smallest absolute Gasteiger partial charge is 0.279 e. The van der Waals surface area contributed by atoms with E-state index in [-0.39, 0.29) is 16.7 Å². The van der Waals surface area contributed by atoms with Crippen LogP contribution in [0.2, 0.25) is 0 Å². The first-order chi connectivity index (χ1) is 9.63. The lowest BCUT2D eigenvalue weighted by atomic mass is 10.2. The molecule has 0 fully saturated rings. The molecular formula is C14H17N3O2S. The van der Waals surface area contributed by atoms with Gasteiger partial charge in [0.05, 0.1) is 10.5 Å². The predicted octanol–water partition coefficient (Wildman–Crippen LogP) is 3.78. The standard InChI is InChI=1S/C14H17N3O2S/c1-3-8-15-10(2)13-9-16-14(20-13)11-6-4-5-7-12(11)17(18)19/h4-7,9-10,15H,3,8H2,1-2H3. The number of aromatic nitrogens is 1. The summed E-state index contributed by atoms with van der Waals surface area (Å²) >= 11 is 1.50. The Balaban J connectivity index is 2.27. The van der Waals surface area contributed by atoms with Gasteiger partial charge in [-0.05, 0) is 26.0 Å². The van der Waals surface area contributed by atoms with Gasteiger partial charge in [0, 0.05) is 23.2 Å². The highest BCUT2D eigenvalue weighted by Crippen LogP contribution is 2.34. The van der Waals surface area contributed by atoms with Crippen molar-refractivity contribution >= 4 is 17.0 Å². The fourth-order valence-electron chi connectivity index (χ4n) is 1.89. The average molecular weight is 291 g/mol. The second-order valence-electron chi connectivity index (χ2n) is 4.52. The van der Waals surface area contributed by atoms with Gasteiger partial charge in [-0.2, -0.15) is 0 Å². The molecule has 1 N–H and O–H groups in total. The van der Waals surface area contributed by atoms with E-state index >= 15 is 0 Å². The lowest BCUT2D eigenvalue weighted by molar-refractivity contribution is -0.384. The first-order valence-electron chi connectivity index (χ1n) is 6.56. The number of hydrogen-bond acceptors (Lipinski definition) is 5. The Morgan fingerprint density at radius 2 is 2.20 bits per heavy atom. The third kappa shape index (κ3) is 3.20. The number of thiazole rings is 1. The van der Waals surface area contributed by atoms with Gasteiger partial charge in [-0.15, -0.1) is 11.3 Å². The zero-order valence-electron chi connectivity index (χ0n) is 11.5. The summed E-state index contributed by atoms with van der Waals surface area (Å²) in [5, 5.41) is 15.1. The van der Waals surface area contributed by atoms with Crippen molar-refractivity contribution < 1.29 is 4.92 Å². The highest BCUT2D eigenvalue weighted by atomic mass is 32.1. The van der Waals surface area contributed by atoms with Crippen LogP contribution in [0.15, 0.2) is 30.5 Å². The molecule has 0 saturated heterocycles. The Morgan fingerprint density at radius 1 is 1.45 bits per heavy atom. The summed E-state index contributed by atoms with van der Waals surface area (Å²) in [4.78, 5) is 16.1. The van der Waals surface area contributed by atoms with E-state index in [0.717, 1.165) is 17.8 Å². The van der Waals surface area contributed by atoms with Crippen molar-refractivity contribution in [2.24, 2.45) is 0 Å². The van der Waals surface area contributed by atoms with Crippen LogP contribution in [-0.2, 0) is 0 Å². The van der Waals surface area contributed by atoms with E-state index in [1.807, 2.05) is 0 Å². The van der Waals surface area contributed by atoms with Crippen LogP contribution in [0.25, 0.3) is 10.6 Å². The quantitative estimate of drug-likeness (QED) is 0.649. The molecule has 0 saturated carbocycles. The Kier molecular flexibility index (Phi) is 4.81. The van der Waals surface area contributed by atoms with Gasteiger partial charge in [0.15, 0.2) is 0 Å². The van der Waals surface area contributed by atoms with Gasteiger partial charge in [-0.1, -0.05) is 19.1 Å². The van der Waals surface area contributed by atoms with Crippen LogP contribution >= 0.6 is 11.3 Å². The minimum absolute atomic E-state index is 0.0996. The number of nitro benzene ring substituents is 1. The summed E-state index contributed by atoms with van der Waals surface area (Å²) in [6, 6.07) is 6.92. The summed E-state index contributed by atoms with van der Waals surface area (Å²) < 4.78 is 0.